The van der Waals surface area contributed by atoms with Gasteiger partial charge in [-0.2, -0.15) is 11.3 Å². The first-order valence-corrected chi connectivity index (χ1v) is 6.72. The highest BCUT2D eigenvalue weighted by atomic mass is 32.1. The number of hydrogen-bond donors (Lipinski definition) is 2. The minimum absolute atomic E-state index is 0.408. The van der Waals surface area contributed by atoms with Crippen molar-refractivity contribution < 1.29 is 0 Å². The number of anilines is 2. The predicted octanol–water partition coefficient (Wildman–Crippen LogP) is 3.68. The van der Waals surface area contributed by atoms with Gasteiger partial charge in [0.05, 0.1) is 0 Å². The topological polar surface area (TPSA) is 38.0 Å². The fraction of sp³-hybridized carbons (Fsp3) is 0.286. The summed E-state index contributed by atoms with van der Waals surface area (Å²) in [4.78, 5) is 0. The number of aryl methyl sites for hydroxylation is 1. The summed E-state index contributed by atoms with van der Waals surface area (Å²) in [5, 5.41) is 7.80. The van der Waals surface area contributed by atoms with Crippen molar-refractivity contribution in [2.45, 2.75) is 26.3 Å². The molecule has 0 aliphatic rings. The molecular formula is C14H18N2S. The highest BCUT2D eigenvalue weighted by Gasteiger charge is 2.04. The lowest BCUT2D eigenvalue weighted by molar-refractivity contribution is 0.792. The van der Waals surface area contributed by atoms with Gasteiger partial charge in [-0.3, -0.25) is 0 Å². The zero-order valence-electron chi connectivity index (χ0n) is 10.2. The Labute approximate surface area is 106 Å². The summed E-state index contributed by atoms with van der Waals surface area (Å²) in [7, 11) is 0. The van der Waals surface area contributed by atoms with E-state index in [1.54, 1.807) is 11.3 Å². The third-order valence-corrected chi connectivity index (χ3v) is 3.37. The lowest BCUT2D eigenvalue weighted by atomic mass is 10.1. The fourth-order valence-electron chi connectivity index (χ4n) is 1.99. The van der Waals surface area contributed by atoms with Crippen molar-refractivity contribution >= 4 is 22.7 Å². The maximum absolute atomic E-state index is 5.83. The summed E-state index contributed by atoms with van der Waals surface area (Å²) < 4.78 is 0. The normalized spacial score (nSPS) is 12.4. The second kappa shape index (κ2) is 5.23. The Kier molecular flexibility index (Phi) is 3.69. The van der Waals surface area contributed by atoms with Crippen LogP contribution in [-0.4, -0.2) is 6.04 Å². The maximum atomic E-state index is 5.83. The second-order valence-corrected chi connectivity index (χ2v) is 5.29. The quantitative estimate of drug-likeness (QED) is 0.808. The molecule has 3 N–H and O–H groups in total. The molecule has 0 saturated carbocycles. The number of thiophene rings is 1. The molecule has 0 fully saturated rings. The molecular weight excluding hydrogens is 228 g/mol. The number of hydrogen-bond acceptors (Lipinski definition) is 3. The third-order valence-electron chi connectivity index (χ3n) is 2.63. The summed E-state index contributed by atoms with van der Waals surface area (Å²) >= 11 is 1.74. The molecule has 1 aromatic carbocycles. The summed E-state index contributed by atoms with van der Waals surface area (Å²) in [6.45, 7) is 4.25. The molecule has 0 radical (unpaired) electrons. The van der Waals surface area contributed by atoms with Gasteiger partial charge in [-0.1, -0.05) is 0 Å². The van der Waals surface area contributed by atoms with E-state index in [9.17, 15) is 0 Å². The monoisotopic (exact) mass is 246 g/mol. The van der Waals surface area contributed by atoms with E-state index in [-0.39, 0.29) is 0 Å². The summed E-state index contributed by atoms with van der Waals surface area (Å²) in [5.74, 6) is 0. The van der Waals surface area contributed by atoms with Gasteiger partial charge in [0.25, 0.3) is 0 Å². The Morgan fingerprint density at radius 2 is 2.18 bits per heavy atom. The molecule has 2 nitrogen and oxygen atoms in total. The van der Waals surface area contributed by atoms with Crippen LogP contribution < -0.4 is 11.1 Å². The first-order valence-electron chi connectivity index (χ1n) is 5.78. The van der Waals surface area contributed by atoms with Crippen LogP contribution in [0.3, 0.4) is 0 Å². The maximum Gasteiger partial charge on any atom is 0.0365 e. The number of nitrogens with one attached hydrogen (secondary N) is 1. The number of nitrogens with two attached hydrogens (primary N) is 1. The van der Waals surface area contributed by atoms with Gasteiger partial charge < -0.3 is 11.1 Å². The summed E-state index contributed by atoms with van der Waals surface area (Å²) in [6.07, 6.45) is 1.04. The smallest absolute Gasteiger partial charge is 0.0365 e. The molecule has 0 aliphatic carbocycles. The second-order valence-electron chi connectivity index (χ2n) is 4.51. The molecule has 0 saturated heterocycles. The molecule has 1 heterocycles. The standard InChI is InChI=1S/C14H18N2S/c1-10-5-13(15)8-14(6-10)16-11(2)7-12-3-4-17-9-12/h3-6,8-9,11,16H,7,15H2,1-2H3. The SMILES string of the molecule is Cc1cc(N)cc(NC(C)Cc2ccsc2)c1. The molecule has 0 bridgehead atoms. The third kappa shape index (κ3) is 3.49. The zero-order valence-corrected chi connectivity index (χ0v) is 11.1. The minimum Gasteiger partial charge on any atom is -0.399 e. The lowest BCUT2D eigenvalue weighted by Crippen LogP contribution is -2.17. The highest BCUT2D eigenvalue weighted by Crippen LogP contribution is 2.18. The van der Waals surface area contributed by atoms with Gasteiger partial charge in [0.2, 0.25) is 0 Å². The van der Waals surface area contributed by atoms with E-state index in [0.29, 0.717) is 6.04 Å². The van der Waals surface area contributed by atoms with Crippen molar-refractivity contribution in [3.05, 3.63) is 46.2 Å². The van der Waals surface area contributed by atoms with Crippen molar-refractivity contribution in [2.75, 3.05) is 11.1 Å². The van der Waals surface area contributed by atoms with Crippen LogP contribution in [0.5, 0.6) is 0 Å². The summed E-state index contributed by atoms with van der Waals surface area (Å²) in [6, 6.07) is 8.67. The van der Waals surface area contributed by atoms with Gasteiger partial charge in [-0.05, 0) is 66.4 Å². The lowest BCUT2D eigenvalue weighted by Gasteiger charge is -2.15. The van der Waals surface area contributed by atoms with Crippen LogP contribution in [0.1, 0.15) is 18.1 Å². The van der Waals surface area contributed by atoms with Gasteiger partial charge >= 0.3 is 0 Å². The van der Waals surface area contributed by atoms with E-state index in [1.807, 2.05) is 12.1 Å². The van der Waals surface area contributed by atoms with Crippen molar-refractivity contribution in [3.8, 4) is 0 Å². The van der Waals surface area contributed by atoms with E-state index in [4.69, 9.17) is 5.73 Å². The van der Waals surface area contributed by atoms with Crippen molar-refractivity contribution in [2.24, 2.45) is 0 Å². The number of nitrogen functional groups attached to an aromatic ring is 1. The van der Waals surface area contributed by atoms with Crippen LogP contribution in [-0.2, 0) is 6.42 Å². The first-order chi connectivity index (χ1) is 8.13. The average molecular weight is 246 g/mol. The molecule has 1 atom stereocenters. The predicted molar refractivity (Wildman–Crippen MR) is 76.7 cm³/mol. The molecule has 17 heavy (non-hydrogen) atoms. The Morgan fingerprint density at radius 1 is 1.35 bits per heavy atom. The summed E-state index contributed by atoms with van der Waals surface area (Å²) in [5.41, 5.74) is 10.3. The molecule has 3 heteroatoms. The number of rotatable bonds is 4. The molecule has 2 aromatic rings. The van der Waals surface area contributed by atoms with E-state index in [1.165, 1.54) is 11.1 Å². The Bertz CT molecular complexity index is 457. The van der Waals surface area contributed by atoms with E-state index >= 15 is 0 Å². The molecule has 0 spiro atoms. The van der Waals surface area contributed by atoms with Gasteiger partial charge in [0, 0.05) is 17.4 Å². The largest absolute Gasteiger partial charge is 0.399 e. The van der Waals surface area contributed by atoms with E-state index in [2.05, 4.69) is 42.1 Å². The van der Waals surface area contributed by atoms with Crippen molar-refractivity contribution in [3.63, 3.8) is 0 Å². The highest BCUT2D eigenvalue weighted by molar-refractivity contribution is 7.07. The van der Waals surface area contributed by atoms with Crippen LogP contribution in [0.25, 0.3) is 0 Å². The van der Waals surface area contributed by atoms with Crippen molar-refractivity contribution in [1.82, 2.24) is 0 Å². The fourth-order valence-corrected chi connectivity index (χ4v) is 2.68. The van der Waals surface area contributed by atoms with Crippen LogP contribution in [0.15, 0.2) is 35.0 Å². The Hall–Kier alpha value is -1.48. The van der Waals surface area contributed by atoms with Crippen LogP contribution in [0, 0.1) is 6.92 Å². The Morgan fingerprint density at radius 3 is 2.82 bits per heavy atom. The molecule has 1 unspecified atom stereocenters. The van der Waals surface area contributed by atoms with E-state index < -0.39 is 0 Å². The molecule has 0 amide bonds. The van der Waals surface area contributed by atoms with Gasteiger partial charge in [0.1, 0.15) is 0 Å². The number of benzene rings is 1. The van der Waals surface area contributed by atoms with Crippen LogP contribution in [0.2, 0.25) is 0 Å². The molecule has 90 valence electrons. The zero-order chi connectivity index (χ0) is 12.3. The molecule has 1 aromatic heterocycles. The first kappa shape index (κ1) is 12.0. The minimum atomic E-state index is 0.408. The molecule has 2 rings (SSSR count). The average Bonchev–Trinajstić information content (AvgIpc) is 2.67. The Balaban J connectivity index is 2.00. The van der Waals surface area contributed by atoms with Gasteiger partial charge in [-0.15, -0.1) is 0 Å². The van der Waals surface area contributed by atoms with Gasteiger partial charge in [-0.25, -0.2) is 0 Å². The van der Waals surface area contributed by atoms with Gasteiger partial charge in [0.15, 0.2) is 0 Å². The van der Waals surface area contributed by atoms with Crippen LogP contribution in [0.4, 0.5) is 11.4 Å². The molecule has 0 aliphatic heterocycles. The van der Waals surface area contributed by atoms with Crippen LogP contribution >= 0.6 is 11.3 Å². The van der Waals surface area contributed by atoms with E-state index in [0.717, 1.165) is 17.8 Å². The van der Waals surface area contributed by atoms with Crippen molar-refractivity contribution in [1.29, 1.82) is 0 Å².